The van der Waals surface area contributed by atoms with Crippen LogP contribution in [0.1, 0.15) is 48.3 Å². The molecule has 2 amide bonds. The van der Waals surface area contributed by atoms with Crippen LogP contribution in [-0.4, -0.2) is 66.6 Å². The van der Waals surface area contributed by atoms with Crippen LogP contribution in [0, 0.1) is 5.92 Å². The van der Waals surface area contributed by atoms with Crippen molar-refractivity contribution in [3.05, 3.63) is 83.4 Å². The number of benzene rings is 3. The summed E-state index contributed by atoms with van der Waals surface area (Å²) in [6.45, 7) is 3.99. The number of carbonyl (C=O) groups excluding carboxylic acids is 2. The smallest absolute Gasteiger partial charge is 0.407 e. The first-order valence-corrected chi connectivity index (χ1v) is 15.3. The summed E-state index contributed by atoms with van der Waals surface area (Å²) in [6.07, 6.45) is -0.415. The van der Waals surface area contributed by atoms with Crippen LogP contribution in [-0.2, 0) is 14.3 Å². The van der Waals surface area contributed by atoms with Gasteiger partial charge in [0.25, 0.3) is 0 Å². The van der Waals surface area contributed by atoms with Crippen molar-refractivity contribution in [2.45, 2.75) is 43.6 Å². The van der Waals surface area contributed by atoms with Crippen molar-refractivity contribution in [2.24, 2.45) is 5.92 Å². The van der Waals surface area contributed by atoms with Crippen molar-refractivity contribution in [1.29, 1.82) is 0 Å². The Morgan fingerprint density at radius 2 is 1.60 bits per heavy atom. The molecule has 1 saturated heterocycles. The number of rotatable bonds is 10. The van der Waals surface area contributed by atoms with Crippen LogP contribution in [0.2, 0.25) is 0 Å². The number of carbonyl (C=O) groups is 3. The van der Waals surface area contributed by atoms with E-state index in [0.717, 1.165) is 22.3 Å². The largest absolute Gasteiger partial charge is 0.497 e. The van der Waals surface area contributed by atoms with Gasteiger partial charge in [-0.15, -0.1) is 11.8 Å². The third kappa shape index (κ3) is 6.15. The van der Waals surface area contributed by atoms with E-state index in [1.807, 2.05) is 50.2 Å². The Labute approximate surface area is 255 Å². The molecule has 9 nitrogen and oxygen atoms in total. The van der Waals surface area contributed by atoms with Gasteiger partial charge in [-0.25, -0.2) is 9.59 Å². The van der Waals surface area contributed by atoms with Crippen LogP contribution in [0.4, 0.5) is 4.79 Å². The zero-order valence-electron chi connectivity index (χ0n) is 24.6. The van der Waals surface area contributed by atoms with Crippen molar-refractivity contribution >= 4 is 29.7 Å². The molecule has 43 heavy (non-hydrogen) atoms. The first-order valence-electron chi connectivity index (χ1n) is 14.2. The Bertz CT molecular complexity index is 1460. The first-order chi connectivity index (χ1) is 20.7. The van der Waals surface area contributed by atoms with Crippen molar-refractivity contribution in [3.8, 4) is 22.6 Å². The minimum absolute atomic E-state index is 0.0374. The van der Waals surface area contributed by atoms with Crippen molar-refractivity contribution in [1.82, 2.24) is 10.2 Å². The van der Waals surface area contributed by atoms with Crippen LogP contribution >= 0.6 is 11.8 Å². The van der Waals surface area contributed by atoms with Gasteiger partial charge in [-0.3, -0.25) is 4.79 Å². The lowest BCUT2D eigenvalue weighted by Crippen LogP contribution is -2.53. The van der Waals surface area contributed by atoms with E-state index < -0.39 is 35.4 Å². The zero-order valence-corrected chi connectivity index (χ0v) is 25.4. The Morgan fingerprint density at radius 1 is 0.953 bits per heavy atom. The molecule has 5 rings (SSSR count). The number of carboxylic acids is 1. The number of thioether (sulfide) groups is 1. The molecule has 3 atom stereocenters. The maximum Gasteiger partial charge on any atom is 0.407 e. The van der Waals surface area contributed by atoms with E-state index in [1.54, 1.807) is 25.3 Å². The number of alkyl carbamates (subject to hydrolysis) is 1. The predicted molar refractivity (Wildman–Crippen MR) is 164 cm³/mol. The molecule has 0 radical (unpaired) electrons. The van der Waals surface area contributed by atoms with E-state index in [-0.39, 0.29) is 24.2 Å². The summed E-state index contributed by atoms with van der Waals surface area (Å²) in [5.41, 5.74) is 5.05. The molecule has 2 aliphatic rings. The lowest BCUT2D eigenvalue weighted by Gasteiger charge is -2.32. The highest BCUT2D eigenvalue weighted by molar-refractivity contribution is 7.99. The summed E-state index contributed by atoms with van der Waals surface area (Å²) in [5, 5.41) is 12.2. The third-order valence-corrected chi connectivity index (χ3v) is 9.19. The van der Waals surface area contributed by atoms with Gasteiger partial charge in [-0.05, 0) is 46.7 Å². The molecular formula is C33H36N2O7S. The Kier molecular flexibility index (Phi) is 9.15. The van der Waals surface area contributed by atoms with Gasteiger partial charge in [0.1, 0.15) is 35.6 Å². The molecule has 1 fully saturated rings. The highest BCUT2D eigenvalue weighted by Crippen LogP contribution is 2.46. The van der Waals surface area contributed by atoms with Crippen LogP contribution < -0.4 is 14.8 Å². The third-order valence-electron chi connectivity index (χ3n) is 7.89. The fourth-order valence-electron chi connectivity index (χ4n) is 5.88. The average molecular weight is 605 g/mol. The molecule has 1 aliphatic heterocycles. The Balaban J connectivity index is 1.36. The Morgan fingerprint density at radius 3 is 2.19 bits per heavy atom. The van der Waals surface area contributed by atoms with Gasteiger partial charge < -0.3 is 29.5 Å². The SMILES string of the molecule is COc1ccc([C@@H]2SC[C@@H](C(=O)O)N2C(=O)[C@@H](CC(C)C)NC(=O)OCC2c3ccccc3-c3ccccc32)c(OC)c1. The molecule has 0 bridgehead atoms. The van der Waals surface area contributed by atoms with Crippen LogP contribution in [0.3, 0.4) is 0 Å². The Hall–Kier alpha value is -4.18. The zero-order chi connectivity index (χ0) is 30.7. The quantitative estimate of drug-likeness (QED) is 0.304. The van der Waals surface area contributed by atoms with Gasteiger partial charge in [-0.1, -0.05) is 62.4 Å². The number of nitrogens with zero attached hydrogens (tertiary/aromatic N) is 1. The molecule has 226 valence electrons. The number of fused-ring (bicyclic) bond motifs is 3. The summed E-state index contributed by atoms with van der Waals surface area (Å²) in [5.74, 6) is -0.439. The fourth-order valence-corrected chi connectivity index (χ4v) is 7.34. The van der Waals surface area contributed by atoms with Gasteiger partial charge in [0.05, 0.1) is 14.2 Å². The van der Waals surface area contributed by atoms with Gasteiger partial charge in [0.2, 0.25) is 5.91 Å². The lowest BCUT2D eigenvalue weighted by atomic mass is 9.98. The van der Waals surface area contributed by atoms with E-state index in [0.29, 0.717) is 23.5 Å². The standard InChI is InChI=1S/C33H36N2O7S/c1-19(2)15-27(34-33(39)42-17-26-23-11-7-5-9-21(23)22-10-6-8-12-24(22)26)30(36)35-28(32(37)38)18-43-31(35)25-14-13-20(40-3)16-29(25)41-4/h5-14,16,19,26-28,31H,15,17-18H2,1-4H3,(H,34,39)(H,37,38)/t27-,28+,31+/m1/s1. The maximum absolute atomic E-state index is 14.1. The molecule has 3 aromatic carbocycles. The molecule has 1 aliphatic carbocycles. The monoisotopic (exact) mass is 604 g/mol. The summed E-state index contributed by atoms with van der Waals surface area (Å²) >= 11 is 1.34. The highest BCUT2D eigenvalue weighted by atomic mass is 32.2. The number of aliphatic carboxylic acids is 1. The molecule has 0 aromatic heterocycles. The van der Waals surface area contributed by atoms with Gasteiger partial charge in [0.15, 0.2) is 0 Å². The molecule has 3 aromatic rings. The van der Waals surface area contributed by atoms with E-state index >= 15 is 0 Å². The second kappa shape index (κ2) is 13.0. The molecule has 0 saturated carbocycles. The average Bonchev–Trinajstić information content (AvgIpc) is 3.59. The summed E-state index contributed by atoms with van der Waals surface area (Å²) in [7, 11) is 3.06. The summed E-state index contributed by atoms with van der Waals surface area (Å²) in [4.78, 5) is 41.0. The second-order valence-corrected chi connectivity index (χ2v) is 12.2. The summed E-state index contributed by atoms with van der Waals surface area (Å²) < 4.78 is 16.6. The van der Waals surface area contributed by atoms with E-state index in [1.165, 1.54) is 23.8 Å². The topological polar surface area (TPSA) is 114 Å². The normalized spacial score (nSPS) is 18.1. The number of hydrogen-bond acceptors (Lipinski definition) is 7. The molecule has 10 heteroatoms. The number of nitrogens with one attached hydrogen (secondary N) is 1. The molecule has 0 spiro atoms. The first kappa shape index (κ1) is 30.3. The van der Waals surface area contributed by atoms with Crippen molar-refractivity contribution in [3.63, 3.8) is 0 Å². The van der Waals surface area contributed by atoms with Gasteiger partial charge in [0, 0.05) is 23.3 Å². The minimum Gasteiger partial charge on any atom is -0.497 e. The van der Waals surface area contributed by atoms with E-state index in [4.69, 9.17) is 14.2 Å². The number of carboxylic acid groups (broad SMARTS) is 1. The molecule has 0 unspecified atom stereocenters. The number of amides is 2. The molecule has 2 N–H and O–H groups in total. The predicted octanol–water partition coefficient (Wildman–Crippen LogP) is 5.68. The fraction of sp³-hybridized carbons (Fsp3) is 0.364. The minimum atomic E-state index is -1.11. The maximum atomic E-state index is 14.1. The van der Waals surface area contributed by atoms with Gasteiger partial charge in [-0.2, -0.15) is 0 Å². The second-order valence-electron chi connectivity index (χ2n) is 11.0. The summed E-state index contributed by atoms with van der Waals surface area (Å²) in [6, 6.07) is 19.3. The van der Waals surface area contributed by atoms with Crippen LogP contribution in [0.25, 0.3) is 11.1 Å². The van der Waals surface area contributed by atoms with Gasteiger partial charge >= 0.3 is 12.1 Å². The number of methoxy groups -OCH3 is 2. The van der Waals surface area contributed by atoms with Crippen LogP contribution in [0.15, 0.2) is 66.7 Å². The number of hydrogen-bond donors (Lipinski definition) is 2. The van der Waals surface area contributed by atoms with Crippen molar-refractivity contribution < 1.29 is 33.7 Å². The highest BCUT2D eigenvalue weighted by Gasteiger charge is 2.46. The molecular weight excluding hydrogens is 568 g/mol. The van der Waals surface area contributed by atoms with Crippen LogP contribution in [0.5, 0.6) is 11.5 Å². The number of ether oxygens (including phenoxy) is 3. The molecule has 1 heterocycles. The van der Waals surface area contributed by atoms with E-state index in [9.17, 15) is 19.5 Å². The van der Waals surface area contributed by atoms with E-state index in [2.05, 4.69) is 17.4 Å². The van der Waals surface area contributed by atoms with Crippen molar-refractivity contribution in [2.75, 3.05) is 26.6 Å². The lowest BCUT2D eigenvalue weighted by molar-refractivity contribution is -0.150.